The summed E-state index contributed by atoms with van der Waals surface area (Å²) in [5.74, 6) is -1.22. The van der Waals surface area contributed by atoms with Gasteiger partial charge in [-0.1, -0.05) is 23.2 Å². The summed E-state index contributed by atoms with van der Waals surface area (Å²) in [7, 11) is 0. The topological polar surface area (TPSA) is 63.3 Å². The van der Waals surface area contributed by atoms with Crippen LogP contribution in [-0.2, 0) is 4.79 Å². The molecule has 1 atom stereocenters. The van der Waals surface area contributed by atoms with Crippen molar-refractivity contribution in [3.8, 4) is 0 Å². The quantitative estimate of drug-likeness (QED) is 0.675. The van der Waals surface area contributed by atoms with Gasteiger partial charge >= 0.3 is 5.97 Å². The van der Waals surface area contributed by atoms with E-state index >= 15 is 0 Å². The molecule has 0 aromatic carbocycles. The fourth-order valence-corrected chi connectivity index (χ4v) is 0.890. The molecule has 0 saturated heterocycles. The van der Waals surface area contributed by atoms with Crippen LogP contribution in [-0.4, -0.2) is 17.1 Å². The van der Waals surface area contributed by atoms with Crippen LogP contribution in [0.25, 0.3) is 0 Å². The first-order valence-electron chi connectivity index (χ1n) is 2.98. The Balaban J connectivity index is 4.28. The van der Waals surface area contributed by atoms with Crippen molar-refractivity contribution in [3.63, 3.8) is 0 Å². The van der Waals surface area contributed by atoms with Gasteiger partial charge in [0.25, 0.3) is 0 Å². The first-order chi connectivity index (χ1) is 4.95. The lowest BCUT2D eigenvalue weighted by atomic mass is 10.2. The van der Waals surface area contributed by atoms with E-state index in [1.807, 2.05) is 0 Å². The molecule has 11 heavy (non-hydrogen) atoms. The molecule has 0 fully saturated rings. The van der Waals surface area contributed by atoms with Crippen LogP contribution in [0.5, 0.6) is 0 Å². The zero-order valence-electron chi connectivity index (χ0n) is 5.97. The maximum atomic E-state index is 10.2. The molecule has 5 heteroatoms. The second-order valence-corrected chi connectivity index (χ2v) is 3.04. The third-order valence-corrected chi connectivity index (χ3v) is 1.76. The Labute approximate surface area is 74.8 Å². The minimum Gasteiger partial charge on any atom is -0.477 e. The number of aliphatic carboxylic acids is 1. The highest BCUT2D eigenvalue weighted by Gasteiger charge is 2.10. The van der Waals surface area contributed by atoms with Crippen LogP contribution in [0, 0.1) is 0 Å². The highest BCUT2D eigenvalue weighted by Crippen LogP contribution is 2.18. The SMILES string of the molecule is CC(N)C/C(Cl)=C(\Cl)C(=O)O. The Morgan fingerprint density at radius 3 is 2.36 bits per heavy atom. The van der Waals surface area contributed by atoms with E-state index < -0.39 is 5.97 Å². The molecular formula is C6H9Cl2NO2. The summed E-state index contributed by atoms with van der Waals surface area (Å²) in [6.07, 6.45) is 0.284. The Kier molecular flexibility index (Phi) is 4.49. The second kappa shape index (κ2) is 4.59. The maximum Gasteiger partial charge on any atom is 0.348 e. The molecule has 0 saturated carbocycles. The number of halogens is 2. The average molecular weight is 198 g/mol. The third kappa shape index (κ3) is 4.24. The van der Waals surface area contributed by atoms with Crippen LogP contribution in [0.4, 0.5) is 0 Å². The molecule has 0 spiro atoms. The number of hydrogen-bond acceptors (Lipinski definition) is 2. The summed E-state index contributed by atoms with van der Waals surface area (Å²) in [5.41, 5.74) is 5.36. The van der Waals surface area contributed by atoms with Crippen molar-refractivity contribution in [1.29, 1.82) is 0 Å². The predicted molar refractivity (Wildman–Crippen MR) is 44.6 cm³/mol. The monoisotopic (exact) mass is 197 g/mol. The van der Waals surface area contributed by atoms with Crippen LogP contribution >= 0.6 is 23.2 Å². The van der Waals surface area contributed by atoms with Gasteiger partial charge < -0.3 is 10.8 Å². The summed E-state index contributed by atoms with van der Waals surface area (Å²) in [6.45, 7) is 1.72. The van der Waals surface area contributed by atoms with Gasteiger partial charge in [0, 0.05) is 11.1 Å². The lowest BCUT2D eigenvalue weighted by Gasteiger charge is -2.03. The van der Waals surface area contributed by atoms with Gasteiger partial charge in [0.05, 0.1) is 0 Å². The molecule has 0 aliphatic carbocycles. The number of nitrogens with two attached hydrogens (primary N) is 1. The van der Waals surface area contributed by atoms with Crippen molar-refractivity contribution in [3.05, 3.63) is 10.1 Å². The van der Waals surface area contributed by atoms with Gasteiger partial charge in [0.1, 0.15) is 5.03 Å². The van der Waals surface area contributed by atoms with Gasteiger partial charge in [0.15, 0.2) is 0 Å². The summed E-state index contributed by atoms with van der Waals surface area (Å²) < 4.78 is 0. The van der Waals surface area contributed by atoms with Gasteiger partial charge in [0.2, 0.25) is 0 Å². The van der Waals surface area contributed by atoms with E-state index in [1.165, 1.54) is 0 Å². The first kappa shape index (κ1) is 10.8. The van der Waals surface area contributed by atoms with Crippen molar-refractivity contribution in [2.45, 2.75) is 19.4 Å². The first-order valence-corrected chi connectivity index (χ1v) is 3.73. The minimum absolute atomic E-state index is 0.0918. The van der Waals surface area contributed by atoms with E-state index in [-0.39, 0.29) is 22.5 Å². The van der Waals surface area contributed by atoms with E-state index in [0.717, 1.165) is 0 Å². The Morgan fingerprint density at radius 2 is 2.09 bits per heavy atom. The molecule has 0 aromatic rings. The van der Waals surface area contributed by atoms with Crippen molar-refractivity contribution in [1.82, 2.24) is 0 Å². The summed E-state index contributed by atoms with van der Waals surface area (Å²) >= 11 is 10.8. The molecule has 3 N–H and O–H groups in total. The van der Waals surface area contributed by atoms with E-state index in [9.17, 15) is 4.79 Å². The molecule has 0 bridgehead atoms. The van der Waals surface area contributed by atoms with Gasteiger partial charge in [-0.3, -0.25) is 0 Å². The fourth-order valence-electron chi connectivity index (χ4n) is 0.488. The van der Waals surface area contributed by atoms with Crippen LogP contribution in [0.15, 0.2) is 10.1 Å². The molecule has 3 nitrogen and oxygen atoms in total. The number of hydrogen-bond donors (Lipinski definition) is 2. The molecule has 64 valence electrons. The van der Waals surface area contributed by atoms with Crippen molar-refractivity contribution < 1.29 is 9.90 Å². The molecule has 0 amide bonds. The van der Waals surface area contributed by atoms with Crippen LogP contribution in [0.1, 0.15) is 13.3 Å². The van der Waals surface area contributed by atoms with Crippen LogP contribution < -0.4 is 5.73 Å². The smallest absolute Gasteiger partial charge is 0.348 e. The second-order valence-electron chi connectivity index (χ2n) is 2.21. The molecule has 0 aliphatic heterocycles. The van der Waals surface area contributed by atoms with Gasteiger partial charge in [-0.25, -0.2) is 4.79 Å². The molecule has 0 aliphatic rings. The number of carboxylic acid groups (broad SMARTS) is 1. The molecule has 0 aromatic heterocycles. The lowest BCUT2D eigenvalue weighted by Crippen LogP contribution is -2.15. The Bertz CT molecular complexity index is 189. The maximum absolute atomic E-state index is 10.2. The van der Waals surface area contributed by atoms with Gasteiger partial charge in [-0.2, -0.15) is 0 Å². The van der Waals surface area contributed by atoms with Crippen molar-refractivity contribution in [2.75, 3.05) is 0 Å². The summed E-state index contributed by atoms with van der Waals surface area (Å²) in [6, 6.07) is -0.185. The van der Waals surface area contributed by atoms with E-state index in [2.05, 4.69) is 0 Å². The highest BCUT2D eigenvalue weighted by atomic mass is 35.5. The third-order valence-electron chi connectivity index (χ3n) is 0.927. The molecule has 0 rings (SSSR count). The molecule has 0 heterocycles. The van der Waals surface area contributed by atoms with Gasteiger partial charge in [-0.15, -0.1) is 0 Å². The predicted octanol–water partition coefficient (Wildman–Crippen LogP) is 1.50. The number of carboxylic acids is 1. The van der Waals surface area contributed by atoms with Crippen LogP contribution in [0.3, 0.4) is 0 Å². The number of carbonyl (C=O) groups is 1. The Morgan fingerprint density at radius 1 is 1.64 bits per heavy atom. The van der Waals surface area contributed by atoms with E-state index in [4.69, 9.17) is 34.0 Å². The zero-order chi connectivity index (χ0) is 9.02. The van der Waals surface area contributed by atoms with Crippen molar-refractivity contribution >= 4 is 29.2 Å². The molecule has 0 radical (unpaired) electrons. The van der Waals surface area contributed by atoms with Crippen molar-refractivity contribution in [2.24, 2.45) is 5.73 Å². The summed E-state index contributed by atoms with van der Waals surface area (Å²) in [5, 5.41) is 8.08. The summed E-state index contributed by atoms with van der Waals surface area (Å²) in [4.78, 5) is 10.2. The molecular weight excluding hydrogens is 189 g/mol. The lowest BCUT2D eigenvalue weighted by molar-refractivity contribution is -0.131. The molecule has 1 unspecified atom stereocenters. The normalized spacial score (nSPS) is 15.6. The zero-order valence-corrected chi connectivity index (χ0v) is 7.49. The fraction of sp³-hybridized carbons (Fsp3) is 0.500. The van der Waals surface area contributed by atoms with Crippen LogP contribution in [0.2, 0.25) is 0 Å². The standard InChI is InChI=1S/C6H9Cl2NO2/c1-3(9)2-4(7)5(8)6(10)11/h3H,2,9H2,1H3,(H,10,11)/b5-4+. The Hall–Kier alpha value is -0.250. The largest absolute Gasteiger partial charge is 0.477 e. The average Bonchev–Trinajstić information content (AvgIpc) is 1.84. The van der Waals surface area contributed by atoms with E-state index in [1.54, 1.807) is 6.92 Å². The van der Waals surface area contributed by atoms with E-state index in [0.29, 0.717) is 0 Å². The number of rotatable bonds is 3. The highest BCUT2D eigenvalue weighted by molar-refractivity contribution is 6.47. The van der Waals surface area contributed by atoms with Gasteiger partial charge in [-0.05, 0) is 13.3 Å². The minimum atomic E-state index is -1.22.